The van der Waals surface area contributed by atoms with Crippen LogP contribution >= 0.6 is 0 Å². The van der Waals surface area contributed by atoms with E-state index >= 15 is 0 Å². The Labute approximate surface area is 120 Å². The third kappa shape index (κ3) is 8.38. The maximum Gasteiger partial charge on any atom is 0.573 e. The molecule has 120 valence electrons. The fourth-order valence-electron chi connectivity index (χ4n) is 1.43. The molecule has 0 radical (unpaired) electrons. The lowest BCUT2D eigenvalue weighted by atomic mass is 10.3. The number of benzene rings is 1. The van der Waals surface area contributed by atoms with Crippen LogP contribution in [0.25, 0.3) is 0 Å². The van der Waals surface area contributed by atoms with Crippen molar-refractivity contribution >= 4 is 5.69 Å². The maximum atomic E-state index is 12.0. The van der Waals surface area contributed by atoms with Crippen LogP contribution in [0.4, 0.5) is 18.9 Å². The summed E-state index contributed by atoms with van der Waals surface area (Å²) >= 11 is 0. The van der Waals surface area contributed by atoms with Crippen molar-refractivity contribution in [2.75, 3.05) is 38.8 Å². The van der Waals surface area contributed by atoms with Gasteiger partial charge in [0, 0.05) is 19.3 Å². The van der Waals surface area contributed by atoms with Crippen LogP contribution in [0.1, 0.15) is 0 Å². The number of hydrogen-bond acceptors (Lipinski definition) is 5. The largest absolute Gasteiger partial charge is 0.573 e. The first-order valence-corrected chi connectivity index (χ1v) is 6.25. The van der Waals surface area contributed by atoms with Gasteiger partial charge < -0.3 is 24.6 Å². The maximum absolute atomic E-state index is 12.0. The molecule has 1 unspecified atom stereocenters. The standard InChI is InChI=1S/C13H18F3NO4/c1-19-6-7-20-9-11(18)8-17-10-2-4-12(5-3-10)21-13(14,15)16/h2-5,11,17-18H,6-9H2,1H3. The van der Waals surface area contributed by atoms with Gasteiger partial charge in [0.05, 0.1) is 25.9 Å². The second-order valence-corrected chi connectivity index (χ2v) is 4.17. The van der Waals surface area contributed by atoms with Gasteiger partial charge in [0.15, 0.2) is 0 Å². The Morgan fingerprint density at radius 1 is 1.19 bits per heavy atom. The normalized spacial score (nSPS) is 13.0. The van der Waals surface area contributed by atoms with E-state index < -0.39 is 12.5 Å². The van der Waals surface area contributed by atoms with Crippen molar-refractivity contribution in [2.45, 2.75) is 12.5 Å². The summed E-state index contributed by atoms with van der Waals surface area (Å²) in [5.41, 5.74) is 0.570. The highest BCUT2D eigenvalue weighted by Crippen LogP contribution is 2.23. The van der Waals surface area contributed by atoms with Crippen molar-refractivity contribution in [1.29, 1.82) is 0 Å². The molecule has 0 aliphatic carbocycles. The first-order valence-electron chi connectivity index (χ1n) is 6.25. The monoisotopic (exact) mass is 309 g/mol. The Morgan fingerprint density at radius 2 is 1.86 bits per heavy atom. The summed E-state index contributed by atoms with van der Waals surface area (Å²) in [4.78, 5) is 0. The van der Waals surface area contributed by atoms with Gasteiger partial charge >= 0.3 is 6.36 Å². The number of aliphatic hydroxyl groups excluding tert-OH is 1. The number of ether oxygens (including phenoxy) is 3. The number of methoxy groups -OCH3 is 1. The fourth-order valence-corrected chi connectivity index (χ4v) is 1.43. The molecule has 8 heteroatoms. The zero-order chi connectivity index (χ0) is 15.7. The predicted molar refractivity (Wildman–Crippen MR) is 70.3 cm³/mol. The molecule has 0 heterocycles. The van der Waals surface area contributed by atoms with Crippen molar-refractivity contribution in [3.8, 4) is 5.75 Å². The molecule has 0 aromatic heterocycles. The van der Waals surface area contributed by atoms with E-state index in [1.54, 1.807) is 7.11 Å². The summed E-state index contributed by atoms with van der Waals surface area (Å²) in [5.74, 6) is -0.295. The van der Waals surface area contributed by atoms with Gasteiger partial charge in [-0.25, -0.2) is 0 Å². The number of halogens is 3. The Morgan fingerprint density at radius 3 is 2.43 bits per heavy atom. The molecule has 21 heavy (non-hydrogen) atoms. The van der Waals surface area contributed by atoms with Gasteiger partial charge in [-0.3, -0.25) is 0 Å². The van der Waals surface area contributed by atoms with Crippen molar-refractivity contribution in [3.05, 3.63) is 24.3 Å². The summed E-state index contributed by atoms with van der Waals surface area (Å²) in [5, 5.41) is 12.5. The first-order chi connectivity index (χ1) is 9.90. The van der Waals surface area contributed by atoms with Crippen molar-refractivity contribution in [3.63, 3.8) is 0 Å². The molecule has 0 fully saturated rings. The van der Waals surface area contributed by atoms with Gasteiger partial charge in [0.1, 0.15) is 5.75 Å². The van der Waals surface area contributed by atoms with Crippen LogP contribution in [-0.2, 0) is 9.47 Å². The van der Waals surface area contributed by atoms with Crippen LogP contribution in [0.5, 0.6) is 5.75 Å². The van der Waals surface area contributed by atoms with Crippen LogP contribution < -0.4 is 10.1 Å². The van der Waals surface area contributed by atoms with Gasteiger partial charge in [0.2, 0.25) is 0 Å². The predicted octanol–water partition coefficient (Wildman–Crippen LogP) is 2.02. The smallest absolute Gasteiger partial charge is 0.406 e. The van der Waals surface area contributed by atoms with E-state index in [1.807, 2.05) is 0 Å². The van der Waals surface area contributed by atoms with E-state index in [0.717, 1.165) is 0 Å². The fraction of sp³-hybridized carbons (Fsp3) is 0.538. The number of nitrogens with one attached hydrogen (secondary N) is 1. The zero-order valence-corrected chi connectivity index (χ0v) is 11.5. The van der Waals surface area contributed by atoms with Gasteiger partial charge in [-0.15, -0.1) is 13.2 Å². The molecule has 1 rings (SSSR count). The summed E-state index contributed by atoms with van der Waals surface area (Å²) < 4.78 is 49.6. The molecule has 0 aliphatic rings. The van der Waals surface area contributed by atoms with Crippen molar-refractivity contribution in [2.24, 2.45) is 0 Å². The van der Waals surface area contributed by atoms with Gasteiger partial charge in [-0.1, -0.05) is 0 Å². The SMILES string of the molecule is COCCOCC(O)CNc1ccc(OC(F)(F)F)cc1. The summed E-state index contributed by atoms with van der Waals surface area (Å²) in [6.45, 7) is 1.19. The van der Waals surface area contributed by atoms with Gasteiger partial charge in [-0.05, 0) is 24.3 Å². The van der Waals surface area contributed by atoms with Crippen LogP contribution in [0.3, 0.4) is 0 Å². The lowest BCUT2D eigenvalue weighted by molar-refractivity contribution is -0.274. The molecular weight excluding hydrogens is 291 g/mol. The van der Waals surface area contributed by atoms with Crippen LogP contribution in [-0.4, -0.2) is 51.0 Å². The Hall–Kier alpha value is -1.51. The number of hydrogen-bond donors (Lipinski definition) is 2. The molecule has 5 nitrogen and oxygen atoms in total. The van der Waals surface area contributed by atoms with Gasteiger partial charge in [0.25, 0.3) is 0 Å². The molecule has 0 saturated heterocycles. The van der Waals surface area contributed by atoms with Crippen molar-refractivity contribution < 1.29 is 32.5 Å². The Balaban J connectivity index is 2.29. The van der Waals surface area contributed by atoms with E-state index in [9.17, 15) is 18.3 Å². The van der Waals surface area contributed by atoms with E-state index in [2.05, 4.69) is 10.1 Å². The van der Waals surface area contributed by atoms with Gasteiger partial charge in [-0.2, -0.15) is 0 Å². The van der Waals surface area contributed by atoms with E-state index in [-0.39, 0.29) is 18.9 Å². The van der Waals surface area contributed by atoms with E-state index in [0.29, 0.717) is 18.9 Å². The minimum Gasteiger partial charge on any atom is -0.406 e. The highest BCUT2D eigenvalue weighted by atomic mass is 19.4. The second-order valence-electron chi connectivity index (χ2n) is 4.17. The summed E-state index contributed by atoms with van der Waals surface area (Å²) in [6, 6.07) is 5.24. The van der Waals surface area contributed by atoms with Crippen molar-refractivity contribution in [1.82, 2.24) is 0 Å². The molecule has 2 N–H and O–H groups in total. The molecule has 0 amide bonds. The molecule has 1 atom stereocenters. The number of rotatable bonds is 9. The Bertz CT molecular complexity index is 397. The lowest BCUT2D eigenvalue weighted by Crippen LogP contribution is -2.25. The molecule has 0 saturated carbocycles. The minimum absolute atomic E-state index is 0.144. The van der Waals surface area contributed by atoms with E-state index in [1.165, 1.54) is 24.3 Å². The zero-order valence-electron chi connectivity index (χ0n) is 11.5. The molecular formula is C13H18F3NO4. The molecule has 0 spiro atoms. The molecule has 1 aromatic rings. The third-order valence-electron chi connectivity index (χ3n) is 2.37. The third-order valence-corrected chi connectivity index (χ3v) is 2.37. The average Bonchev–Trinajstić information content (AvgIpc) is 2.41. The molecule has 0 aliphatic heterocycles. The summed E-state index contributed by atoms with van der Waals surface area (Å²) in [6.07, 6.45) is -5.43. The lowest BCUT2D eigenvalue weighted by Gasteiger charge is -2.14. The highest BCUT2D eigenvalue weighted by Gasteiger charge is 2.30. The number of anilines is 1. The Kier molecular flexibility index (Phi) is 7.27. The second kappa shape index (κ2) is 8.71. The minimum atomic E-state index is -4.70. The molecule has 0 bridgehead atoms. The average molecular weight is 309 g/mol. The topological polar surface area (TPSA) is 60.0 Å². The van der Waals surface area contributed by atoms with Crippen LogP contribution in [0, 0.1) is 0 Å². The van der Waals surface area contributed by atoms with Crippen LogP contribution in [0.15, 0.2) is 24.3 Å². The number of aliphatic hydroxyl groups is 1. The first kappa shape index (κ1) is 17.5. The highest BCUT2D eigenvalue weighted by molar-refractivity contribution is 5.46. The number of alkyl halides is 3. The summed E-state index contributed by atoms with van der Waals surface area (Å²) in [7, 11) is 1.55. The quantitative estimate of drug-likeness (QED) is 0.684. The van der Waals surface area contributed by atoms with E-state index in [4.69, 9.17) is 9.47 Å². The van der Waals surface area contributed by atoms with Crippen LogP contribution in [0.2, 0.25) is 0 Å². The molecule has 1 aromatic carbocycles.